The highest BCUT2D eigenvalue weighted by atomic mass is 19.4. The van der Waals surface area contributed by atoms with E-state index in [0.29, 0.717) is 12.2 Å². The molecule has 0 atom stereocenters. The summed E-state index contributed by atoms with van der Waals surface area (Å²) in [4.78, 5) is 24.0. The zero-order chi connectivity index (χ0) is 20.6. The minimum atomic E-state index is -4.53. The fourth-order valence-corrected chi connectivity index (χ4v) is 2.26. The van der Waals surface area contributed by atoms with E-state index >= 15 is 0 Å². The Hall–Kier alpha value is -3.10. The van der Waals surface area contributed by atoms with E-state index in [2.05, 4.69) is 5.32 Å². The van der Waals surface area contributed by atoms with Crippen LogP contribution in [0.1, 0.15) is 23.2 Å². The lowest BCUT2D eigenvalue weighted by molar-refractivity contribution is -0.123. The molecule has 2 aromatic rings. The van der Waals surface area contributed by atoms with E-state index in [-0.39, 0.29) is 24.3 Å². The summed E-state index contributed by atoms with van der Waals surface area (Å²) in [6.45, 7) is -1.30. The van der Waals surface area contributed by atoms with Crippen molar-refractivity contribution >= 4 is 17.5 Å². The number of carbonyl (C=O) groups is 2. The molecule has 0 saturated carbocycles. The number of amides is 2. The highest BCUT2D eigenvalue weighted by Crippen LogP contribution is 2.18. The van der Waals surface area contributed by atoms with Crippen molar-refractivity contribution in [2.24, 2.45) is 0 Å². The average molecular weight is 398 g/mol. The summed E-state index contributed by atoms with van der Waals surface area (Å²) < 4.78 is 55.1. The SMILES string of the molecule is O=C(CCCOc1cccc(F)c1)Nc1ccccc1C(=O)NCC(F)(F)F. The van der Waals surface area contributed by atoms with E-state index in [9.17, 15) is 27.2 Å². The van der Waals surface area contributed by atoms with Crippen LogP contribution in [0.15, 0.2) is 48.5 Å². The number of rotatable bonds is 8. The van der Waals surface area contributed by atoms with Gasteiger partial charge in [-0.3, -0.25) is 9.59 Å². The lowest BCUT2D eigenvalue weighted by Gasteiger charge is -2.12. The monoisotopic (exact) mass is 398 g/mol. The van der Waals surface area contributed by atoms with Gasteiger partial charge in [-0.25, -0.2) is 4.39 Å². The van der Waals surface area contributed by atoms with Crippen molar-refractivity contribution in [2.45, 2.75) is 19.0 Å². The third-order valence-electron chi connectivity index (χ3n) is 3.51. The molecule has 9 heteroatoms. The molecule has 0 aliphatic rings. The van der Waals surface area contributed by atoms with Crippen LogP contribution in [0, 0.1) is 5.82 Å². The van der Waals surface area contributed by atoms with Crippen LogP contribution in [0.3, 0.4) is 0 Å². The number of nitrogens with one attached hydrogen (secondary N) is 2. The Kier molecular flexibility index (Phi) is 7.36. The zero-order valence-corrected chi connectivity index (χ0v) is 14.7. The predicted molar refractivity (Wildman–Crippen MR) is 94.6 cm³/mol. The van der Waals surface area contributed by atoms with Crippen LogP contribution in [0.4, 0.5) is 23.2 Å². The zero-order valence-electron chi connectivity index (χ0n) is 14.7. The molecule has 0 bridgehead atoms. The second-order valence-corrected chi connectivity index (χ2v) is 5.80. The molecule has 0 unspecified atom stereocenters. The minimum Gasteiger partial charge on any atom is -0.493 e. The number of para-hydroxylation sites is 1. The number of hydrogen-bond acceptors (Lipinski definition) is 3. The van der Waals surface area contributed by atoms with E-state index in [1.165, 1.54) is 36.4 Å². The van der Waals surface area contributed by atoms with Gasteiger partial charge in [-0.05, 0) is 30.7 Å². The Morgan fingerprint density at radius 1 is 1.04 bits per heavy atom. The molecule has 0 fully saturated rings. The molecule has 2 rings (SSSR count). The van der Waals surface area contributed by atoms with E-state index in [0.717, 1.165) is 0 Å². The van der Waals surface area contributed by atoms with Crippen LogP contribution in [0.5, 0.6) is 5.75 Å². The molecule has 2 aromatic carbocycles. The first kappa shape index (κ1) is 21.2. The molecule has 150 valence electrons. The highest BCUT2D eigenvalue weighted by molar-refractivity contribution is 6.03. The molecule has 5 nitrogen and oxygen atoms in total. The molecule has 0 spiro atoms. The van der Waals surface area contributed by atoms with Gasteiger partial charge >= 0.3 is 6.18 Å². The van der Waals surface area contributed by atoms with Crippen LogP contribution in [-0.2, 0) is 4.79 Å². The van der Waals surface area contributed by atoms with Gasteiger partial charge in [0.25, 0.3) is 5.91 Å². The molecular formula is C19H18F4N2O3. The molecular weight excluding hydrogens is 380 g/mol. The Balaban J connectivity index is 1.84. The van der Waals surface area contributed by atoms with Crippen molar-refractivity contribution in [3.8, 4) is 5.75 Å². The van der Waals surface area contributed by atoms with Crippen molar-refractivity contribution in [2.75, 3.05) is 18.5 Å². The third-order valence-corrected chi connectivity index (χ3v) is 3.51. The molecule has 0 aliphatic carbocycles. The first-order valence-electron chi connectivity index (χ1n) is 8.37. The number of anilines is 1. The lowest BCUT2D eigenvalue weighted by atomic mass is 10.1. The second-order valence-electron chi connectivity index (χ2n) is 5.80. The maximum atomic E-state index is 13.0. The maximum Gasteiger partial charge on any atom is 0.405 e. The summed E-state index contributed by atoms with van der Waals surface area (Å²) in [5.74, 6) is -1.47. The number of hydrogen-bond donors (Lipinski definition) is 2. The van der Waals surface area contributed by atoms with Crippen molar-refractivity contribution in [1.82, 2.24) is 5.32 Å². The van der Waals surface area contributed by atoms with Gasteiger partial charge in [0, 0.05) is 12.5 Å². The van der Waals surface area contributed by atoms with E-state index < -0.39 is 30.4 Å². The fourth-order valence-electron chi connectivity index (χ4n) is 2.26. The molecule has 0 heterocycles. The van der Waals surface area contributed by atoms with Crippen LogP contribution in [-0.4, -0.2) is 31.1 Å². The molecule has 0 aliphatic heterocycles. The standard InChI is InChI=1S/C19H18F4N2O3/c20-13-5-3-6-14(11-13)28-10-4-9-17(26)25-16-8-2-1-7-15(16)18(27)24-12-19(21,22)23/h1-3,5-8,11H,4,9-10,12H2,(H,24,27)(H,25,26). The van der Waals surface area contributed by atoms with E-state index in [1.807, 2.05) is 0 Å². The molecule has 0 radical (unpaired) electrons. The van der Waals surface area contributed by atoms with Crippen LogP contribution < -0.4 is 15.4 Å². The highest BCUT2D eigenvalue weighted by Gasteiger charge is 2.28. The third kappa shape index (κ3) is 7.26. The second kappa shape index (κ2) is 9.72. The molecule has 2 N–H and O–H groups in total. The predicted octanol–water partition coefficient (Wildman–Crippen LogP) is 3.92. The van der Waals surface area contributed by atoms with Gasteiger partial charge in [-0.15, -0.1) is 0 Å². The van der Waals surface area contributed by atoms with Gasteiger partial charge in [0.1, 0.15) is 18.1 Å². The van der Waals surface area contributed by atoms with Crippen LogP contribution in [0.2, 0.25) is 0 Å². The Morgan fingerprint density at radius 2 is 1.79 bits per heavy atom. The number of benzene rings is 2. The summed E-state index contributed by atoms with van der Waals surface area (Å²) in [7, 11) is 0. The van der Waals surface area contributed by atoms with Crippen molar-refractivity contribution in [1.29, 1.82) is 0 Å². The lowest BCUT2D eigenvalue weighted by Crippen LogP contribution is -2.34. The quantitative estimate of drug-likeness (QED) is 0.523. The van der Waals surface area contributed by atoms with Gasteiger partial charge < -0.3 is 15.4 Å². The van der Waals surface area contributed by atoms with Gasteiger partial charge in [0.05, 0.1) is 17.9 Å². The molecule has 0 aromatic heterocycles. The van der Waals surface area contributed by atoms with Gasteiger partial charge in [-0.1, -0.05) is 18.2 Å². The van der Waals surface area contributed by atoms with Crippen molar-refractivity contribution in [3.05, 3.63) is 59.9 Å². The van der Waals surface area contributed by atoms with Gasteiger partial charge in [-0.2, -0.15) is 13.2 Å². The van der Waals surface area contributed by atoms with E-state index in [4.69, 9.17) is 4.74 Å². The first-order chi connectivity index (χ1) is 13.2. The molecule has 28 heavy (non-hydrogen) atoms. The smallest absolute Gasteiger partial charge is 0.405 e. The Bertz CT molecular complexity index is 825. The first-order valence-corrected chi connectivity index (χ1v) is 8.37. The largest absolute Gasteiger partial charge is 0.493 e. The number of carbonyl (C=O) groups excluding carboxylic acids is 2. The summed E-state index contributed by atoms with van der Waals surface area (Å²) >= 11 is 0. The summed E-state index contributed by atoms with van der Waals surface area (Å²) in [5.41, 5.74) is 0.0364. The number of halogens is 4. The average Bonchev–Trinajstić information content (AvgIpc) is 2.63. The maximum absolute atomic E-state index is 13.0. The summed E-state index contributed by atoms with van der Waals surface area (Å²) in [6.07, 6.45) is -4.16. The van der Waals surface area contributed by atoms with Crippen molar-refractivity contribution < 1.29 is 31.9 Å². The number of alkyl halides is 3. The summed E-state index contributed by atoms with van der Waals surface area (Å²) in [6, 6.07) is 11.3. The Labute approximate surface area is 158 Å². The fraction of sp³-hybridized carbons (Fsp3) is 0.263. The van der Waals surface area contributed by atoms with Crippen LogP contribution in [0.25, 0.3) is 0 Å². The van der Waals surface area contributed by atoms with Gasteiger partial charge in [0.2, 0.25) is 5.91 Å². The molecule has 2 amide bonds. The topological polar surface area (TPSA) is 67.4 Å². The normalized spacial score (nSPS) is 11.0. The van der Waals surface area contributed by atoms with E-state index in [1.54, 1.807) is 17.4 Å². The Morgan fingerprint density at radius 3 is 2.50 bits per heavy atom. The van der Waals surface area contributed by atoms with Gasteiger partial charge in [0.15, 0.2) is 0 Å². The number of ether oxygens (including phenoxy) is 1. The minimum absolute atomic E-state index is 0.0494. The van der Waals surface area contributed by atoms with Crippen LogP contribution >= 0.6 is 0 Å². The summed E-state index contributed by atoms with van der Waals surface area (Å²) in [5, 5.41) is 4.26. The van der Waals surface area contributed by atoms with Crippen molar-refractivity contribution in [3.63, 3.8) is 0 Å². The molecule has 0 saturated heterocycles.